The van der Waals surface area contributed by atoms with Crippen molar-refractivity contribution in [2.24, 2.45) is 0 Å². The van der Waals surface area contributed by atoms with Crippen molar-refractivity contribution in [1.82, 2.24) is 0 Å². The van der Waals surface area contributed by atoms with Gasteiger partial charge in [-0.25, -0.2) is 0 Å². The third-order valence-corrected chi connectivity index (χ3v) is 1.80. The zero-order valence-electron chi connectivity index (χ0n) is 8.48. The van der Waals surface area contributed by atoms with Crippen LogP contribution in [-0.4, -0.2) is 11.7 Å². The van der Waals surface area contributed by atoms with E-state index in [-0.39, 0.29) is 58.2 Å². The maximum atomic E-state index is 10.0. The predicted octanol–water partition coefficient (Wildman–Crippen LogP) is -0.120. The van der Waals surface area contributed by atoms with Gasteiger partial charge in [0.25, 0.3) is 0 Å². The van der Waals surface area contributed by atoms with Gasteiger partial charge >= 0.3 is 51.4 Å². The molecule has 0 aliphatic carbocycles. The van der Waals surface area contributed by atoms with Crippen molar-refractivity contribution >= 4 is 17.9 Å². The Bertz CT molecular complexity index is 93.1. The molecule has 0 aromatic carbocycles. The third-order valence-electron chi connectivity index (χ3n) is 1.48. The molecule has 0 heterocycles. The van der Waals surface area contributed by atoms with E-state index in [9.17, 15) is 4.79 Å². The number of halogens is 1. The first-order valence-corrected chi connectivity index (χ1v) is 4.34. The van der Waals surface area contributed by atoms with Crippen molar-refractivity contribution in [1.29, 1.82) is 0 Å². The van der Waals surface area contributed by atoms with Gasteiger partial charge in [-0.3, -0.25) is 0 Å². The molecule has 1 nitrogen and oxygen atoms in total. The molecule has 0 fully saturated rings. The molecular formula is C8H16ClKO. The van der Waals surface area contributed by atoms with Gasteiger partial charge < -0.3 is 6.22 Å². The molecule has 0 aromatic heterocycles. The zero-order valence-corrected chi connectivity index (χ0v) is 11.4. The summed E-state index contributed by atoms with van der Waals surface area (Å²) in [7, 11) is 0. The number of hydrogen-bond acceptors (Lipinski definition) is 1. The number of carbonyl (C=O) groups is 1. The van der Waals surface area contributed by atoms with Crippen LogP contribution in [0.4, 0.5) is 0 Å². The molecule has 0 amide bonds. The summed E-state index contributed by atoms with van der Waals surface area (Å²) in [6.45, 7) is 2.16. The zero-order chi connectivity index (χ0) is 7.82. The van der Waals surface area contributed by atoms with Gasteiger partial charge in [-0.15, -0.1) is 11.6 Å². The number of carbonyl (C=O) groups excluding carboxylic acids is 1. The molecule has 1 atom stereocenters. The fourth-order valence-electron chi connectivity index (χ4n) is 0.834. The molecule has 0 N–H and O–H groups in total. The fourth-order valence-corrected chi connectivity index (χ4v) is 0.988. The molecule has 0 saturated carbocycles. The Morgan fingerprint density at radius 1 is 1.45 bits per heavy atom. The average molecular weight is 203 g/mol. The first kappa shape index (κ1) is 15.1. The smallest absolute Gasteiger partial charge is 1.00 e. The molecule has 0 aromatic rings. The van der Waals surface area contributed by atoms with E-state index in [1.807, 2.05) is 0 Å². The molecule has 0 bridgehead atoms. The number of alkyl halides is 1. The van der Waals surface area contributed by atoms with E-state index in [0.29, 0.717) is 0 Å². The molecule has 0 saturated heterocycles. The Morgan fingerprint density at radius 3 is 2.55 bits per heavy atom. The van der Waals surface area contributed by atoms with Gasteiger partial charge in [0.15, 0.2) is 0 Å². The molecule has 0 aliphatic heterocycles. The summed E-state index contributed by atoms with van der Waals surface area (Å²) >= 11 is 5.58. The van der Waals surface area contributed by atoms with Gasteiger partial charge in [-0.2, -0.15) is 0 Å². The number of aldehydes is 1. The Balaban J connectivity index is -0.000000405. The minimum atomic E-state index is -0.253. The Morgan fingerprint density at radius 2 is 2.09 bits per heavy atom. The van der Waals surface area contributed by atoms with Gasteiger partial charge in [0.05, 0.1) is 5.38 Å². The van der Waals surface area contributed by atoms with Crippen molar-refractivity contribution in [3.05, 3.63) is 0 Å². The van der Waals surface area contributed by atoms with Crippen molar-refractivity contribution in [3.63, 3.8) is 0 Å². The van der Waals surface area contributed by atoms with Crippen LogP contribution < -0.4 is 51.4 Å². The summed E-state index contributed by atoms with van der Waals surface area (Å²) in [5.74, 6) is 0. The normalized spacial score (nSPS) is 11.8. The molecular weight excluding hydrogens is 187 g/mol. The molecule has 11 heavy (non-hydrogen) atoms. The van der Waals surface area contributed by atoms with Crippen molar-refractivity contribution in [2.45, 2.75) is 44.4 Å². The monoisotopic (exact) mass is 202 g/mol. The minimum Gasteiger partial charge on any atom is -1.00 e. The van der Waals surface area contributed by atoms with Gasteiger partial charge in [-0.05, 0) is 6.42 Å². The average Bonchev–Trinajstić information content (AvgIpc) is 1.98. The van der Waals surface area contributed by atoms with Crippen LogP contribution in [0.5, 0.6) is 0 Å². The van der Waals surface area contributed by atoms with Crippen LogP contribution in [0.15, 0.2) is 0 Å². The van der Waals surface area contributed by atoms with E-state index in [1.54, 1.807) is 0 Å². The second kappa shape index (κ2) is 11.6. The molecule has 0 aliphatic rings. The van der Waals surface area contributed by atoms with Crippen LogP contribution in [0.25, 0.3) is 0 Å². The van der Waals surface area contributed by atoms with Gasteiger partial charge in [-0.1, -0.05) is 32.6 Å². The number of hydrogen-bond donors (Lipinski definition) is 0. The number of rotatable bonds is 6. The van der Waals surface area contributed by atoms with Crippen LogP contribution in [0.2, 0.25) is 0 Å². The topological polar surface area (TPSA) is 17.1 Å². The molecule has 0 radical (unpaired) electrons. The molecule has 62 valence electrons. The van der Waals surface area contributed by atoms with E-state index >= 15 is 0 Å². The predicted molar refractivity (Wildman–Crippen MR) is 45.6 cm³/mol. The van der Waals surface area contributed by atoms with E-state index in [0.717, 1.165) is 19.1 Å². The summed E-state index contributed by atoms with van der Waals surface area (Å²) in [5.41, 5.74) is 0. The second-order valence-corrected chi connectivity index (χ2v) is 3.06. The summed E-state index contributed by atoms with van der Waals surface area (Å²) < 4.78 is 0. The maximum Gasteiger partial charge on any atom is 1.00 e. The van der Waals surface area contributed by atoms with Crippen molar-refractivity contribution < 1.29 is 57.6 Å². The van der Waals surface area contributed by atoms with Crippen LogP contribution >= 0.6 is 11.6 Å². The van der Waals surface area contributed by atoms with Gasteiger partial charge in [0, 0.05) is 0 Å². The Hall–Kier alpha value is 1.60. The molecule has 3 heteroatoms. The third kappa shape index (κ3) is 11.6. The number of unbranched alkanes of at least 4 members (excludes halogenated alkanes) is 3. The summed E-state index contributed by atoms with van der Waals surface area (Å²) in [6, 6.07) is 0. The van der Waals surface area contributed by atoms with Crippen molar-refractivity contribution in [3.8, 4) is 0 Å². The summed E-state index contributed by atoms with van der Waals surface area (Å²) in [6.07, 6.45) is 6.42. The summed E-state index contributed by atoms with van der Waals surface area (Å²) in [5, 5.41) is -0.253. The van der Waals surface area contributed by atoms with E-state index < -0.39 is 0 Å². The summed E-state index contributed by atoms with van der Waals surface area (Å²) in [4.78, 5) is 10.0. The first-order valence-electron chi connectivity index (χ1n) is 3.90. The molecule has 1 unspecified atom stereocenters. The van der Waals surface area contributed by atoms with Crippen molar-refractivity contribution in [2.75, 3.05) is 0 Å². The van der Waals surface area contributed by atoms with Gasteiger partial charge in [0.1, 0.15) is 6.29 Å². The molecule has 0 rings (SSSR count). The van der Waals surface area contributed by atoms with Crippen LogP contribution in [0, 0.1) is 0 Å². The maximum absolute atomic E-state index is 10.0. The Kier molecular flexibility index (Phi) is 15.9. The van der Waals surface area contributed by atoms with Crippen LogP contribution in [0.3, 0.4) is 0 Å². The van der Waals surface area contributed by atoms with E-state index in [2.05, 4.69) is 6.92 Å². The van der Waals surface area contributed by atoms with Crippen LogP contribution in [0.1, 0.15) is 40.5 Å². The van der Waals surface area contributed by atoms with E-state index in [4.69, 9.17) is 11.6 Å². The molecule has 0 spiro atoms. The minimum absolute atomic E-state index is 0. The largest absolute Gasteiger partial charge is 1.00 e. The van der Waals surface area contributed by atoms with Crippen LogP contribution in [-0.2, 0) is 4.79 Å². The Labute approximate surface area is 118 Å². The second-order valence-electron chi connectivity index (χ2n) is 2.50. The SMILES string of the molecule is CCCCCCC(Cl)C=O.[H-].[K+]. The first-order chi connectivity index (χ1) is 4.81. The van der Waals surface area contributed by atoms with E-state index in [1.165, 1.54) is 19.3 Å². The fraction of sp³-hybridized carbons (Fsp3) is 0.875. The standard InChI is InChI=1S/C8H15ClO.K.H/c1-2-3-4-5-6-8(9)7-10;;/h7-8H,2-6H2,1H3;;/q;+1;-1. The quantitative estimate of drug-likeness (QED) is 0.254. The van der Waals surface area contributed by atoms with Gasteiger partial charge in [0.2, 0.25) is 0 Å².